The third kappa shape index (κ3) is 4.28. The Morgan fingerprint density at radius 2 is 1.75 bits per heavy atom. The number of hydrogen-bond acceptors (Lipinski definition) is 3. The summed E-state index contributed by atoms with van der Waals surface area (Å²) in [4.78, 5) is 17.0. The lowest BCUT2D eigenvalue weighted by Gasteiger charge is -2.12. The fourth-order valence-electron chi connectivity index (χ4n) is 2.34. The fourth-order valence-corrected chi connectivity index (χ4v) is 3.48. The molecule has 0 aliphatic rings. The third-order valence-corrected chi connectivity index (χ3v) is 4.87. The van der Waals surface area contributed by atoms with E-state index in [1.807, 2.05) is 49.4 Å². The van der Waals surface area contributed by atoms with Gasteiger partial charge in [-0.3, -0.25) is 9.36 Å². The highest BCUT2D eigenvalue weighted by Crippen LogP contribution is 2.21. The summed E-state index contributed by atoms with van der Waals surface area (Å²) in [5, 5.41) is 1.42. The van der Waals surface area contributed by atoms with Gasteiger partial charge in [0.05, 0.1) is 6.54 Å². The normalized spacial score (nSPS) is 10.8. The monoisotopic (exact) mass is 356 g/mol. The number of hydrogen-bond donors (Lipinski definition) is 0. The Morgan fingerprint density at radius 3 is 2.46 bits per heavy atom. The highest BCUT2D eigenvalue weighted by atomic mass is 35.5. The Balaban J connectivity index is 1.87. The van der Waals surface area contributed by atoms with Crippen LogP contribution in [0.3, 0.4) is 0 Å². The topological polar surface area (TPSA) is 34.9 Å². The van der Waals surface area contributed by atoms with Crippen molar-refractivity contribution in [3.63, 3.8) is 0 Å². The number of aryl methyl sites for hydroxylation is 1. The van der Waals surface area contributed by atoms with Crippen molar-refractivity contribution in [2.24, 2.45) is 0 Å². The molecule has 2 aromatic carbocycles. The fraction of sp³-hybridized carbons (Fsp3) is 0.158. The van der Waals surface area contributed by atoms with Crippen LogP contribution in [0.15, 0.2) is 70.6 Å². The van der Waals surface area contributed by atoms with Crippen LogP contribution in [-0.2, 0) is 12.3 Å². The van der Waals surface area contributed by atoms with E-state index in [-0.39, 0.29) is 5.56 Å². The number of rotatable bonds is 5. The van der Waals surface area contributed by atoms with Gasteiger partial charge in [-0.05, 0) is 30.2 Å². The third-order valence-electron chi connectivity index (χ3n) is 3.57. The SMILES string of the molecule is Cc1cc(=O)n(Cc2ccc(Cl)cc2)c(SCc2ccccc2)n1. The molecule has 1 heterocycles. The van der Waals surface area contributed by atoms with E-state index in [1.54, 1.807) is 22.4 Å². The first-order valence-electron chi connectivity index (χ1n) is 7.61. The molecule has 0 bridgehead atoms. The van der Waals surface area contributed by atoms with Crippen molar-refractivity contribution in [3.05, 3.63) is 92.9 Å². The van der Waals surface area contributed by atoms with Gasteiger partial charge >= 0.3 is 0 Å². The standard InChI is InChI=1S/C19H17ClN2OS/c1-14-11-18(23)22(12-15-7-9-17(20)10-8-15)19(21-14)24-13-16-5-3-2-4-6-16/h2-11H,12-13H2,1H3. The highest BCUT2D eigenvalue weighted by Gasteiger charge is 2.09. The van der Waals surface area contributed by atoms with Crippen LogP contribution in [0, 0.1) is 6.92 Å². The van der Waals surface area contributed by atoms with E-state index in [2.05, 4.69) is 17.1 Å². The van der Waals surface area contributed by atoms with Crippen LogP contribution in [0.2, 0.25) is 5.02 Å². The molecule has 0 N–H and O–H groups in total. The molecule has 5 heteroatoms. The van der Waals surface area contributed by atoms with Gasteiger partial charge in [-0.2, -0.15) is 0 Å². The molecule has 24 heavy (non-hydrogen) atoms. The van der Waals surface area contributed by atoms with E-state index < -0.39 is 0 Å². The van der Waals surface area contributed by atoms with Crippen LogP contribution in [0.1, 0.15) is 16.8 Å². The lowest BCUT2D eigenvalue weighted by atomic mass is 10.2. The minimum absolute atomic E-state index is 0.0342. The average molecular weight is 357 g/mol. The first-order chi connectivity index (χ1) is 11.6. The van der Waals surface area contributed by atoms with Crippen molar-refractivity contribution < 1.29 is 0 Å². The van der Waals surface area contributed by atoms with Crippen LogP contribution in [0.5, 0.6) is 0 Å². The molecular formula is C19H17ClN2OS. The largest absolute Gasteiger partial charge is 0.283 e. The van der Waals surface area contributed by atoms with E-state index in [1.165, 1.54) is 5.56 Å². The van der Waals surface area contributed by atoms with Crippen molar-refractivity contribution in [1.29, 1.82) is 0 Å². The molecule has 0 aliphatic heterocycles. The van der Waals surface area contributed by atoms with Gasteiger partial charge in [-0.1, -0.05) is 65.8 Å². The summed E-state index contributed by atoms with van der Waals surface area (Å²) in [6, 6.07) is 19.3. The summed E-state index contributed by atoms with van der Waals surface area (Å²) >= 11 is 7.51. The zero-order valence-corrected chi connectivity index (χ0v) is 14.8. The van der Waals surface area contributed by atoms with Crippen molar-refractivity contribution in [1.82, 2.24) is 9.55 Å². The maximum absolute atomic E-state index is 12.4. The molecule has 0 saturated carbocycles. The molecular weight excluding hydrogens is 340 g/mol. The molecule has 1 aromatic heterocycles. The zero-order valence-electron chi connectivity index (χ0n) is 13.3. The molecule has 0 aliphatic carbocycles. The van der Waals surface area contributed by atoms with Gasteiger partial charge in [0, 0.05) is 22.5 Å². The van der Waals surface area contributed by atoms with Gasteiger partial charge in [-0.15, -0.1) is 0 Å². The van der Waals surface area contributed by atoms with E-state index >= 15 is 0 Å². The molecule has 3 aromatic rings. The Hall–Kier alpha value is -2.04. The van der Waals surface area contributed by atoms with Crippen LogP contribution in [0.4, 0.5) is 0 Å². The summed E-state index contributed by atoms with van der Waals surface area (Å²) in [5.41, 5.74) is 2.93. The second-order valence-electron chi connectivity index (χ2n) is 5.51. The Bertz CT molecular complexity index is 876. The summed E-state index contributed by atoms with van der Waals surface area (Å²) in [6.45, 7) is 2.33. The van der Waals surface area contributed by atoms with Crippen molar-refractivity contribution >= 4 is 23.4 Å². The van der Waals surface area contributed by atoms with Gasteiger partial charge in [0.2, 0.25) is 0 Å². The maximum Gasteiger partial charge on any atom is 0.254 e. The minimum atomic E-state index is -0.0342. The first kappa shape index (κ1) is 16.8. The smallest absolute Gasteiger partial charge is 0.254 e. The van der Waals surface area contributed by atoms with Crippen LogP contribution in [0.25, 0.3) is 0 Å². The minimum Gasteiger partial charge on any atom is -0.283 e. The highest BCUT2D eigenvalue weighted by molar-refractivity contribution is 7.98. The molecule has 0 amide bonds. The molecule has 0 fully saturated rings. The number of benzene rings is 2. The predicted octanol–water partition coefficient (Wildman–Crippen LogP) is 4.55. The maximum atomic E-state index is 12.4. The molecule has 0 radical (unpaired) electrons. The first-order valence-corrected chi connectivity index (χ1v) is 8.98. The van der Waals surface area contributed by atoms with Crippen molar-refractivity contribution in [3.8, 4) is 0 Å². The van der Waals surface area contributed by atoms with E-state index in [0.29, 0.717) is 11.6 Å². The summed E-state index contributed by atoms with van der Waals surface area (Å²) in [7, 11) is 0. The molecule has 0 spiro atoms. The van der Waals surface area contributed by atoms with Gasteiger partial charge in [0.1, 0.15) is 0 Å². The molecule has 3 nitrogen and oxygen atoms in total. The molecule has 0 saturated heterocycles. The second kappa shape index (κ2) is 7.69. The van der Waals surface area contributed by atoms with E-state index in [0.717, 1.165) is 22.2 Å². The number of nitrogens with zero attached hydrogens (tertiary/aromatic N) is 2. The second-order valence-corrected chi connectivity index (χ2v) is 6.88. The van der Waals surface area contributed by atoms with Gasteiger partial charge in [-0.25, -0.2) is 4.98 Å². The molecule has 122 valence electrons. The molecule has 0 unspecified atom stereocenters. The van der Waals surface area contributed by atoms with Gasteiger partial charge < -0.3 is 0 Å². The molecule has 0 atom stereocenters. The summed E-state index contributed by atoms with van der Waals surface area (Å²) < 4.78 is 1.71. The summed E-state index contributed by atoms with van der Waals surface area (Å²) in [5.74, 6) is 0.775. The lowest BCUT2D eigenvalue weighted by Crippen LogP contribution is -2.23. The molecule has 3 rings (SSSR count). The van der Waals surface area contributed by atoms with Crippen molar-refractivity contribution in [2.75, 3.05) is 0 Å². The van der Waals surface area contributed by atoms with E-state index in [9.17, 15) is 4.79 Å². The Kier molecular flexibility index (Phi) is 5.38. The van der Waals surface area contributed by atoms with Gasteiger partial charge in [0.15, 0.2) is 5.16 Å². The van der Waals surface area contributed by atoms with Crippen LogP contribution in [-0.4, -0.2) is 9.55 Å². The van der Waals surface area contributed by atoms with Crippen LogP contribution >= 0.6 is 23.4 Å². The van der Waals surface area contributed by atoms with Crippen molar-refractivity contribution in [2.45, 2.75) is 24.4 Å². The van der Waals surface area contributed by atoms with Gasteiger partial charge in [0.25, 0.3) is 5.56 Å². The summed E-state index contributed by atoms with van der Waals surface area (Å²) in [6.07, 6.45) is 0. The Morgan fingerprint density at radius 1 is 1.04 bits per heavy atom. The number of thioether (sulfide) groups is 1. The number of aromatic nitrogens is 2. The van der Waals surface area contributed by atoms with E-state index in [4.69, 9.17) is 11.6 Å². The average Bonchev–Trinajstić information content (AvgIpc) is 2.58. The zero-order chi connectivity index (χ0) is 16.9. The number of halogens is 1. The predicted molar refractivity (Wildman–Crippen MR) is 99.8 cm³/mol. The quantitative estimate of drug-likeness (QED) is 0.497. The van der Waals surface area contributed by atoms with Crippen LogP contribution < -0.4 is 5.56 Å². The Labute approximate surface area is 150 Å². The lowest BCUT2D eigenvalue weighted by molar-refractivity contribution is 0.638.